The highest BCUT2D eigenvalue weighted by atomic mass is 79.9. The van der Waals surface area contributed by atoms with Crippen LogP contribution in [0.1, 0.15) is 25.8 Å². The molecule has 2 N–H and O–H groups in total. The molecule has 100 valence electrons. The minimum absolute atomic E-state index is 0.329. The molecule has 5 heteroatoms. The quantitative estimate of drug-likeness (QED) is 0.812. The van der Waals surface area contributed by atoms with Crippen LogP contribution in [-0.2, 0) is 11.3 Å². The summed E-state index contributed by atoms with van der Waals surface area (Å²) in [5, 5.41) is 12.3. The van der Waals surface area contributed by atoms with Gasteiger partial charge in [0.25, 0.3) is 0 Å². The molecule has 0 aliphatic rings. The number of aliphatic carboxylic acids is 1. The molecule has 0 fully saturated rings. The Morgan fingerprint density at radius 3 is 2.78 bits per heavy atom. The average molecular weight is 315 g/mol. The lowest BCUT2D eigenvalue weighted by Gasteiger charge is -2.15. The first-order chi connectivity index (χ1) is 8.49. The van der Waals surface area contributed by atoms with Gasteiger partial charge in [-0.05, 0) is 39.9 Å². The molecule has 1 aromatic rings. The van der Waals surface area contributed by atoms with E-state index in [2.05, 4.69) is 26.2 Å². The molecule has 1 unspecified atom stereocenters. The summed E-state index contributed by atoms with van der Waals surface area (Å²) in [5.41, 5.74) is 1.04. The third-order valence-electron chi connectivity index (χ3n) is 2.59. The van der Waals surface area contributed by atoms with Crippen LogP contribution in [0.25, 0.3) is 0 Å². The molecular weight excluding hydrogens is 296 g/mol. The summed E-state index contributed by atoms with van der Waals surface area (Å²) in [5.74, 6) is -0.672. The Bertz CT molecular complexity index is 396. The van der Waals surface area contributed by atoms with Gasteiger partial charge in [0.2, 0.25) is 0 Å². The fourth-order valence-corrected chi connectivity index (χ4v) is 2.20. The zero-order valence-corrected chi connectivity index (χ0v) is 12.3. The van der Waals surface area contributed by atoms with E-state index in [9.17, 15) is 4.79 Å². The van der Waals surface area contributed by atoms with Crippen LogP contribution in [0.5, 0.6) is 0 Å². The van der Waals surface area contributed by atoms with Gasteiger partial charge in [-0.2, -0.15) is 0 Å². The van der Waals surface area contributed by atoms with Crippen molar-refractivity contribution in [1.29, 1.82) is 0 Å². The Labute approximate surface area is 116 Å². The number of nitrogens with one attached hydrogen (secondary N) is 1. The van der Waals surface area contributed by atoms with Crippen molar-refractivity contribution in [3.8, 4) is 0 Å². The zero-order chi connectivity index (χ0) is 13.5. The van der Waals surface area contributed by atoms with Crippen molar-refractivity contribution in [2.75, 3.05) is 6.54 Å². The van der Waals surface area contributed by atoms with Crippen molar-refractivity contribution in [2.24, 2.45) is 11.8 Å². The molecule has 0 bridgehead atoms. The fourth-order valence-electron chi connectivity index (χ4n) is 1.78. The van der Waals surface area contributed by atoms with E-state index in [0.717, 1.165) is 10.0 Å². The van der Waals surface area contributed by atoms with E-state index in [-0.39, 0.29) is 5.92 Å². The van der Waals surface area contributed by atoms with Crippen molar-refractivity contribution >= 4 is 21.9 Å². The predicted molar refractivity (Wildman–Crippen MR) is 74.2 cm³/mol. The third kappa shape index (κ3) is 5.60. The molecule has 0 aliphatic carbocycles. The van der Waals surface area contributed by atoms with E-state index in [0.29, 0.717) is 25.4 Å². The van der Waals surface area contributed by atoms with Crippen molar-refractivity contribution < 1.29 is 9.90 Å². The molecule has 0 saturated heterocycles. The van der Waals surface area contributed by atoms with Gasteiger partial charge in [-0.3, -0.25) is 9.78 Å². The smallest absolute Gasteiger partial charge is 0.307 e. The summed E-state index contributed by atoms with van der Waals surface area (Å²) in [6.07, 6.45) is 4.19. The van der Waals surface area contributed by atoms with Crippen molar-refractivity contribution in [1.82, 2.24) is 10.3 Å². The molecular formula is C13H19BrN2O2. The Hall–Kier alpha value is -0.940. The number of hydrogen-bond acceptors (Lipinski definition) is 3. The van der Waals surface area contributed by atoms with Crippen molar-refractivity contribution in [3.05, 3.63) is 28.5 Å². The van der Waals surface area contributed by atoms with Gasteiger partial charge in [-0.25, -0.2) is 0 Å². The van der Waals surface area contributed by atoms with Crippen LogP contribution in [0.4, 0.5) is 0 Å². The molecule has 4 nitrogen and oxygen atoms in total. The minimum Gasteiger partial charge on any atom is -0.481 e. The average Bonchev–Trinajstić information content (AvgIpc) is 2.27. The van der Waals surface area contributed by atoms with Gasteiger partial charge in [0, 0.05) is 30.0 Å². The topological polar surface area (TPSA) is 62.2 Å². The number of carboxylic acids is 1. The van der Waals surface area contributed by atoms with Gasteiger partial charge in [-0.15, -0.1) is 0 Å². The summed E-state index contributed by atoms with van der Waals surface area (Å²) >= 11 is 3.35. The molecule has 0 radical (unpaired) electrons. The van der Waals surface area contributed by atoms with Gasteiger partial charge in [0.05, 0.1) is 5.92 Å². The van der Waals surface area contributed by atoms with Gasteiger partial charge in [0.1, 0.15) is 0 Å². The fraction of sp³-hybridized carbons (Fsp3) is 0.538. The number of carboxylic acid groups (broad SMARTS) is 1. The third-order valence-corrected chi connectivity index (χ3v) is 3.02. The maximum atomic E-state index is 11.1. The first-order valence-corrected chi connectivity index (χ1v) is 6.81. The molecule has 1 atom stereocenters. The highest BCUT2D eigenvalue weighted by Crippen LogP contribution is 2.12. The van der Waals surface area contributed by atoms with Crippen LogP contribution in [0, 0.1) is 11.8 Å². The molecule has 0 aromatic carbocycles. The molecule has 1 rings (SSSR count). The summed E-state index contributed by atoms with van der Waals surface area (Å²) in [4.78, 5) is 15.1. The van der Waals surface area contributed by atoms with Crippen LogP contribution in [0.3, 0.4) is 0 Å². The van der Waals surface area contributed by atoms with Crippen LogP contribution >= 0.6 is 15.9 Å². The zero-order valence-electron chi connectivity index (χ0n) is 10.7. The van der Waals surface area contributed by atoms with Gasteiger partial charge < -0.3 is 10.4 Å². The minimum atomic E-state index is -0.733. The second-order valence-corrected chi connectivity index (χ2v) is 5.72. The van der Waals surface area contributed by atoms with E-state index < -0.39 is 5.97 Å². The lowest BCUT2D eigenvalue weighted by Crippen LogP contribution is -2.29. The Kier molecular flexibility index (Phi) is 6.29. The lowest BCUT2D eigenvalue weighted by molar-refractivity contribution is -0.142. The van der Waals surface area contributed by atoms with Crippen molar-refractivity contribution in [2.45, 2.75) is 26.8 Å². The summed E-state index contributed by atoms with van der Waals surface area (Å²) in [7, 11) is 0. The van der Waals surface area contributed by atoms with Crippen LogP contribution in [0.15, 0.2) is 22.9 Å². The van der Waals surface area contributed by atoms with E-state index >= 15 is 0 Å². The molecule has 1 aromatic heterocycles. The normalized spacial score (nSPS) is 12.7. The van der Waals surface area contributed by atoms with Crippen LogP contribution < -0.4 is 5.32 Å². The van der Waals surface area contributed by atoms with Crippen LogP contribution in [0.2, 0.25) is 0 Å². The van der Waals surface area contributed by atoms with Gasteiger partial charge in [0.15, 0.2) is 0 Å². The van der Waals surface area contributed by atoms with E-state index in [1.165, 1.54) is 0 Å². The number of pyridine rings is 1. The molecule has 0 amide bonds. The number of nitrogens with zero attached hydrogens (tertiary/aromatic N) is 1. The highest BCUT2D eigenvalue weighted by Gasteiger charge is 2.18. The van der Waals surface area contributed by atoms with Gasteiger partial charge in [-0.1, -0.05) is 13.8 Å². The molecule has 0 aliphatic heterocycles. The number of hydrogen-bond donors (Lipinski definition) is 2. The van der Waals surface area contributed by atoms with Crippen molar-refractivity contribution in [3.63, 3.8) is 0 Å². The molecule has 18 heavy (non-hydrogen) atoms. The van der Waals surface area contributed by atoms with Gasteiger partial charge >= 0.3 is 5.97 Å². The second kappa shape index (κ2) is 7.48. The SMILES string of the molecule is CC(C)CC(CNCc1cncc(Br)c1)C(=O)O. The molecule has 0 spiro atoms. The number of carbonyl (C=O) groups is 1. The standard InChI is InChI=1S/C13H19BrN2O2/c1-9(2)3-11(13(17)18)7-15-5-10-4-12(14)8-16-6-10/h4,6,8-9,11,15H,3,5,7H2,1-2H3,(H,17,18). The summed E-state index contributed by atoms with van der Waals surface area (Å²) < 4.78 is 0.929. The predicted octanol–water partition coefficient (Wildman–Crippen LogP) is 2.68. The Morgan fingerprint density at radius 2 is 2.22 bits per heavy atom. The number of halogens is 1. The maximum absolute atomic E-state index is 11.1. The molecule has 0 saturated carbocycles. The first-order valence-electron chi connectivity index (χ1n) is 6.02. The van der Waals surface area contributed by atoms with E-state index in [1.807, 2.05) is 19.9 Å². The Morgan fingerprint density at radius 1 is 1.50 bits per heavy atom. The van der Waals surface area contributed by atoms with E-state index in [4.69, 9.17) is 5.11 Å². The largest absolute Gasteiger partial charge is 0.481 e. The highest BCUT2D eigenvalue weighted by molar-refractivity contribution is 9.10. The lowest BCUT2D eigenvalue weighted by atomic mass is 9.97. The Balaban J connectivity index is 2.41. The molecule has 1 heterocycles. The first kappa shape index (κ1) is 15.1. The number of rotatable bonds is 7. The summed E-state index contributed by atoms with van der Waals surface area (Å²) in [6.45, 7) is 5.19. The second-order valence-electron chi connectivity index (χ2n) is 4.81. The monoisotopic (exact) mass is 314 g/mol. The number of aromatic nitrogens is 1. The maximum Gasteiger partial charge on any atom is 0.307 e. The van der Waals surface area contributed by atoms with E-state index in [1.54, 1.807) is 12.4 Å². The van der Waals surface area contributed by atoms with Crippen LogP contribution in [-0.4, -0.2) is 22.6 Å². The summed E-state index contributed by atoms with van der Waals surface area (Å²) in [6, 6.07) is 1.97.